The third-order valence-electron chi connectivity index (χ3n) is 2.20. The maximum absolute atomic E-state index is 11.8. The molecule has 0 bridgehead atoms. The second-order valence-corrected chi connectivity index (χ2v) is 7.07. The largest absolute Gasteiger partial charge is 0.297 e. The van der Waals surface area contributed by atoms with Crippen LogP contribution in [0.25, 0.3) is 6.08 Å². The summed E-state index contributed by atoms with van der Waals surface area (Å²) in [7, 11) is 0. The Morgan fingerprint density at radius 2 is 2.05 bits per heavy atom. The highest BCUT2D eigenvalue weighted by Gasteiger charge is 2.08. The van der Waals surface area contributed by atoms with E-state index in [0.29, 0.717) is 10.4 Å². The van der Waals surface area contributed by atoms with E-state index in [1.54, 1.807) is 17.8 Å². The molecule has 2 rings (SSSR count). The number of anilines is 1. The molecule has 1 aromatic heterocycles. The average Bonchev–Trinajstić information content (AvgIpc) is 2.84. The second kappa shape index (κ2) is 7.21. The van der Waals surface area contributed by atoms with Gasteiger partial charge in [-0.2, -0.15) is 0 Å². The van der Waals surface area contributed by atoms with Crippen LogP contribution in [0.5, 0.6) is 0 Å². The van der Waals surface area contributed by atoms with Gasteiger partial charge in [0.2, 0.25) is 11.0 Å². The van der Waals surface area contributed by atoms with Gasteiger partial charge in [-0.1, -0.05) is 67.3 Å². The lowest BCUT2D eigenvalue weighted by molar-refractivity contribution is -0.111. The summed E-state index contributed by atoms with van der Waals surface area (Å²) >= 11 is 3.02. The Kier molecular flexibility index (Phi) is 5.31. The van der Waals surface area contributed by atoms with Gasteiger partial charge < -0.3 is 0 Å². The summed E-state index contributed by atoms with van der Waals surface area (Å²) in [6.45, 7) is 4.18. The second-order valence-electron chi connectivity index (χ2n) is 4.27. The van der Waals surface area contributed by atoms with Crippen molar-refractivity contribution in [1.29, 1.82) is 0 Å². The van der Waals surface area contributed by atoms with Gasteiger partial charge in [-0.3, -0.25) is 10.1 Å². The van der Waals surface area contributed by atoms with Crippen molar-refractivity contribution in [3.63, 3.8) is 0 Å². The van der Waals surface area contributed by atoms with E-state index in [-0.39, 0.29) is 5.91 Å². The van der Waals surface area contributed by atoms with E-state index in [4.69, 9.17) is 0 Å². The minimum absolute atomic E-state index is 0.203. The SMILES string of the molecule is CC(C)Sc1nnc(NC(=O)/C=C/c2ccccc2)s1. The molecular weight excluding hydrogens is 290 g/mol. The molecule has 0 aliphatic heterocycles. The molecule has 0 aliphatic rings. The quantitative estimate of drug-likeness (QED) is 0.520. The summed E-state index contributed by atoms with van der Waals surface area (Å²) < 4.78 is 0.863. The maximum Gasteiger partial charge on any atom is 0.250 e. The molecule has 2 aromatic rings. The number of rotatable bonds is 5. The van der Waals surface area contributed by atoms with Crippen molar-refractivity contribution in [2.24, 2.45) is 0 Å². The Morgan fingerprint density at radius 3 is 2.75 bits per heavy atom. The number of benzene rings is 1. The molecule has 20 heavy (non-hydrogen) atoms. The van der Waals surface area contributed by atoms with E-state index in [0.717, 1.165) is 9.90 Å². The van der Waals surface area contributed by atoms with Crippen LogP contribution in [-0.4, -0.2) is 21.4 Å². The van der Waals surface area contributed by atoms with Crippen molar-refractivity contribution in [2.45, 2.75) is 23.4 Å². The summed E-state index contributed by atoms with van der Waals surface area (Å²) in [5.74, 6) is -0.203. The zero-order valence-corrected chi connectivity index (χ0v) is 12.9. The first kappa shape index (κ1) is 14.7. The van der Waals surface area contributed by atoms with Crippen molar-refractivity contribution in [3.8, 4) is 0 Å². The number of hydrogen-bond donors (Lipinski definition) is 1. The van der Waals surface area contributed by atoms with Crippen LogP contribution < -0.4 is 5.32 Å². The predicted molar refractivity (Wildman–Crippen MR) is 85.0 cm³/mol. The smallest absolute Gasteiger partial charge is 0.250 e. The zero-order valence-electron chi connectivity index (χ0n) is 11.2. The topological polar surface area (TPSA) is 54.9 Å². The van der Waals surface area contributed by atoms with Crippen LogP contribution in [0.4, 0.5) is 5.13 Å². The first-order valence-electron chi connectivity index (χ1n) is 6.18. The number of thioether (sulfide) groups is 1. The van der Waals surface area contributed by atoms with Crippen LogP contribution in [0.2, 0.25) is 0 Å². The lowest BCUT2D eigenvalue weighted by Crippen LogP contribution is -2.07. The number of carbonyl (C=O) groups is 1. The Morgan fingerprint density at radius 1 is 1.30 bits per heavy atom. The lowest BCUT2D eigenvalue weighted by Gasteiger charge is -1.97. The number of amides is 1. The minimum atomic E-state index is -0.203. The summed E-state index contributed by atoms with van der Waals surface area (Å²) in [6, 6.07) is 9.67. The van der Waals surface area contributed by atoms with Crippen LogP contribution in [0.1, 0.15) is 19.4 Å². The van der Waals surface area contributed by atoms with Crippen LogP contribution >= 0.6 is 23.1 Å². The highest BCUT2D eigenvalue weighted by Crippen LogP contribution is 2.28. The van der Waals surface area contributed by atoms with E-state index >= 15 is 0 Å². The normalized spacial score (nSPS) is 11.2. The Bertz CT molecular complexity index is 593. The maximum atomic E-state index is 11.8. The molecule has 0 unspecified atom stereocenters. The minimum Gasteiger partial charge on any atom is -0.297 e. The van der Waals surface area contributed by atoms with Gasteiger partial charge in [-0.05, 0) is 11.6 Å². The van der Waals surface area contributed by atoms with Gasteiger partial charge in [-0.15, -0.1) is 10.2 Å². The van der Waals surface area contributed by atoms with E-state index < -0.39 is 0 Å². The number of hydrogen-bond acceptors (Lipinski definition) is 5. The summed E-state index contributed by atoms with van der Waals surface area (Å²) in [4.78, 5) is 11.8. The number of nitrogens with one attached hydrogen (secondary N) is 1. The number of carbonyl (C=O) groups excluding carboxylic acids is 1. The third-order valence-corrected chi connectivity index (χ3v) is 4.13. The molecule has 4 nitrogen and oxygen atoms in total. The van der Waals surface area contributed by atoms with Crippen LogP contribution in [0.15, 0.2) is 40.7 Å². The summed E-state index contributed by atoms with van der Waals surface area (Å²) in [6.07, 6.45) is 3.26. The van der Waals surface area contributed by atoms with Gasteiger partial charge in [0.25, 0.3) is 0 Å². The fourth-order valence-electron chi connectivity index (χ4n) is 1.39. The average molecular weight is 305 g/mol. The molecule has 0 radical (unpaired) electrons. The molecule has 1 N–H and O–H groups in total. The van der Waals surface area contributed by atoms with E-state index in [1.807, 2.05) is 30.3 Å². The molecule has 6 heteroatoms. The molecular formula is C14H15N3OS2. The van der Waals surface area contributed by atoms with Crippen LogP contribution in [0, 0.1) is 0 Å². The van der Waals surface area contributed by atoms with Gasteiger partial charge in [0.05, 0.1) is 0 Å². The highest BCUT2D eigenvalue weighted by atomic mass is 32.2. The summed E-state index contributed by atoms with van der Waals surface area (Å²) in [5.41, 5.74) is 0.982. The van der Waals surface area contributed by atoms with Crippen molar-refractivity contribution in [1.82, 2.24) is 10.2 Å². The van der Waals surface area contributed by atoms with Gasteiger partial charge >= 0.3 is 0 Å². The molecule has 104 valence electrons. The van der Waals surface area contributed by atoms with Gasteiger partial charge in [-0.25, -0.2) is 0 Å². The Balaban J connectivity index is 1.91. The fourth-order valence-corrected chi connectivity index (χ4v) is 3.37. The number of nitrogens with zero attached hydrogens (tertiary/aromatic N) is 2. The Hall–Kier alpha value is -1.66. The van der Waals surface area contributed by atoms with Crippen molar-refractivity contribution < 1.29 is 4.79 Å². The van der Waals surface area contributed by atoms with Crippen molar-refractivity contribution in [3.05, 3.63) is 42.0 Å². The fraction of sp³-hybridized carbons (Fsp3) is 0.214. The molecule has 0 spiro atoms. The van der Waals surface area contributed by atoms with Gasteiger partial charge in [0.15, 0.2) is 4.34 Å². The molecule has 1 amide bonds. The van der Waals surface area contributed by atoms with Gasteiger partial charge in [0, 0.05) is 11.3 Å². The Labute approximate surface area is 126 Å². The van der Waals surface area contributed by atoms with Crippen molar-refractivity contribution >= 4 is 40.2 Å². The molecule has 0 atom stereocenters. The van der Waals surface area contributed by atoms with E-state index in [9.17, 15) is 4.79 Å². The predicted octanol–water partition coefficient (Wildman–Crippen LogP) is 3.69. The zero-order chi connectivity index (χ0) is 14.4. The van der Waals surface area contributed by atoms with Crippen LogP contribution in [-0.2, 0) is 4.79 Å². The standard InChI is InChI=1S/C14H15N3OS2/c1-10(2)19-14-17-16-13(20-14)15-12(18)9-8-11-6-4-3-5-7-11/h3-10H,1-2H3,(H,15,16,18)/b9-8+. The van der Waals surface area contributed by atoms with Gasteiger partial charge in [0.1, 0.15) is 0 Å². The first-order valence-corrected chi connectivity index (χ1v) is 7.87. The first-order chi connectivity index (χ1) is 9.63. The summed E-state index contributed by atoms with van der Waals surface area (Å²) in [5, 5.41) is 11.7. The van der Waals surface area contributed by atoms with E-state index in [2.05, 4.69) is 29.4 Å². The molecule has 0 saturated carbocycles. The molecule has 0 fully saturated rings. The highest BCUT2D eigenvalue weighted by molar-refractivity contribution is 8.01. The molecule has 0 aliphatic carbocycles. The van der Waals surface area contributed by atoms with E-state index in [1.165, 1.54) is 17.4 Å². The lowest BCUT2D eigenvalue weighted by atomic mass is 10.2. The molecule has 1 aromatic carbocycles. The monoisotopic (exact) mass is 305 g/mol. The molecule has 1 heterocycles. The van der Waals surface area contributed by atoms with Crippen molar-refractivity contribution in [2.75, 3.05) is 5.32 Å². The number of aromatic nitrogens is 2. The molecule has 0 saturated heterocycles. The third kappa shape index (κ3) is 4.79. The van der Waals surface area contributed by atoms with Crippen LogP contribution in [0.3, 0.4) is 0 Å².